The molecule has 3 heterocycles. The van der Waals surface area contributed by atoms with Gasteiger partial charge in [0.1, 0.15) is 5.82 Å². The van der Waals surface area contributed by atoms with Crippen molar-refractivity contribution in [2.75, 3.05) is 13.1 Å². The molecule has 1 unspecified atom stereocenters. The maximum Gasteiger partial charge on any atom is 0.225 e. The van der Waals surface area contributed by atoms with Gasteiger partial charge in [-0.2, -0.15) is 5.10 Å². The quantitative estimate of drug-likeness (QED) is 0.789. The van der Waals surface area contributed by atoms with Crippen LogP contribution in [0.2, 0.25) is 0 Å². The number of H-pyrrole nitrogens is 1. The predicted octanol–water partition coefficient (Wildman–Crippen LogP) is 0.216. The molecule has 2 N–H and O–H groups in total. The van der Waals surface area contributed by atoms with E-state index in [1.165, 1.54) is 0 Å². The molecule has 126 valence electrons. The number of nitrogens with one attached hydrogen (secondary N) is 2. The zero-order valence-electron chi connectivity index (χ0n) is 13.5. The minimum Gasteiger partial charge on any atom is -0.355 e. The molecule has 0 bridgehead atoms. The van der Waals surface area contributed by atoms with E-state index in [2.05, 4.69) is 25.5 Å². The van der Waals surface area contributed by atoms with E-state index < -0.39 is 0 Å². The van der Waals surface area contributed by atoms with Gasteiger partial charge in [-0.1, -0.05) is 0 Å². The first-order chi connectivity index (χ1) is 11.6. The zero-order chi connectivity index (χ0) is 16.9. The third-order valence-corrected chi connectivity index (χ3v) is 4.00. The van der Waals surface area contributed by atoms with Gasteiger partial charge in [-0.15, -0.1) is 0 Å². The van der Waals surface area contributed by atoms with E-state index in [1.807, 2.05) is 19.1 Å². The number of aromatic amines is 1. The van der Waals surface area contributed by atoms with Crippen molar-refractivity contribution in [3.8, 4) is 0 Å². The normalized spacial score (nSPS) is 17.3. The van der Waals surface area contributed by atoms with E-state index >= 15 is 0 Å². The van der Waals surface area contributed by atoms with Crippen molar-refractivity contribution < 1.29 is 9.59 Å². The fraction of sp³-hybridized carbons (Fsp3) is 0.438. The van der Waals surface area contributed by atoms with E-state index in [-0.39, 0.29) is 24.2 Å². The minimum atomic E-state index is -0.298. The van der Waals surface area contributed by atoms with Crippen molar-refractivity contribution in [2.45, 2.75) is 26.3 Å². The molecular formula is C16H20N6O2. The second kappa shape index (κ2) is 7.20. The van der Waals surface area contributed by atoms with Crippen LogP contribution < -0.4 is 5.32 Å². The van der Waals surface area contributed by atoms with Gasteiger partial charge in [0.05, 0.1) is 5.92 Å². The van der Waals surface area contributed by atoms with Gasteiger partial charge in [-0.05, 0) is 24.6 Å². The number of rotatable bonds is 6. The number of pyridine rings is 1. The summed E-state index contributed by atoms with van der Waals surface area (Å²) in [5.74, 6) is 1.05. The maximum atomic E-state index is 12.2. The van der Waals surface area contributed by atoms with Gasteiger partial charge in [0.25, 0.3) is 0 Å². The van der Waals surface area contributed by atoms with Crippen molar-refractivity contribution >= 4 is 11.8 Å². The van der Waals surface area contributed by atoms with Crippen molar-refractivity contribution in [3.05, 3.63) is 41.7 Å². The van der Waals surface area contributed by atoms with Gasteiger partial charge in [0, 0.05) is 44.9 Å². The molecule has 1 atom stereocenters. The fourth-order valence-electron chi connectivity index (χ4n) is 2.75. The minimum absolute atomic E-state index is 0.0107. The average molecular weight is 328 g/mol. The first-order valence-corrected chi connectivity index (χ1v) is 7.94. The van der Waals surface area contributed by atoms with Crippen molar-refractivity contribution in [1.82, 2.24) is 30.4 Å². The Kier molecular flexibility index (Phi) is 4.83. The fourth-order valence-corrected chi connectivity index (χ4v) is 2.75. The van der Waals surface area contributed by atoms with Crippen molar-refractivity contribution in [2.24, 2.45) is 5.92 Å². The maximum absolute atomic E-state index is 12.2. The van der Waals surface area contributed by atoms with Crippen molar-refractivity contribution in [3.63, 3.8) is 0 Å². The van der Waals surface area contributed by atoms with Gasteiger partial charge in [-0.25, -0.2) is 4.98 Å². The SMILES string of the molecule is Cc1nc(CCNC(=O)C2CC(=O)N(Cc3ccncc3)C2)n[nH]1. The second-order valence-electron chi connectivity index (χ2n) is 5.91. The Bertz CT molecular complexity index is 714. The molecule has 8 heteroatoms. The molecule has 8 nitrogen and oxygen atoms in total. The van der Waals surface area contributed by atoms with Crippen LogP contribution in [0, 0.1) is 12.8 Å². The van der Waals surface area contributed by atoms with Crippen molar-refractivity contribution in [1.29, 1.82) is 0 Å². The Morgan fingerprint density at radius 1 is 1.42 bits per heavy atom. The highest BCUT2D eigenvalue weighted by Crippen LogP contribution is 2.20. The molecule has 24 heavy (non-hydrogen) atoms. The zero-order valence-corrected chi connectivity index (χ0v) is 13.5. The highest BCUT2D eigenvalue weighted by Gasteiger charge is 2.34. The molecule has 1 fully saturated rings. The van der Waals surface area contributed by atoms with E-state index in [9.17, 15) is 9.59 Å². The number of hydrogen-bond acceptors (Lipinski definition) is 5. The molecule has 0 spiro atoms. The van der Waals surface area contributed by atoms with E-state index in [4.69, 9.17) is 0 Å². The first kappa shape index (κ1) is 16.1. The third kappa shape index (κ3) is 3.95. The standard InChI is InChI=1S/C16H20N6O2/c1-11-19-14(21-20-11)4-7-18-16(24)13-8-15(23)22(10-13)9-12-2-5-17-6-3-12/h2-3,5-6,13H,4,7-10H2,1H3,(H,18,24)(H,19,20,21). The number of likely N-dealkylation sites (tertiary alicyclic amines) is 1. The molecule has 1 aliphatic rings. The number of aromatic nitrogens is 4. The van der Waals surface area contributed by atoms with Crippen LogP contribution in [0.1, 0.15) is 23.6 Å². The van der Waals surface area contributed by atoms with Crippen LogP contribution >= 0.6 is 0 Å². The summed E-state index contributed by atoms with van der Waals surface area (Å²) in [6.07, 6.45) is 4.23. The number of hydrogen-bond donors (Lipinski definition) is 2. The largest absolute Gasteiger partial charge is 0.355 e. The molecular weight excluding hydrogens is 308 g/mol. The van der Waals surface area contributed by atoms with E-state index in [0.717, 1.165) is 11.4 Å². The van der Waals surface area contributed by atoms with Crippen LogP contribution in [0.3, 0.4) is 0 Å². The number of nitrogens with zero attached hydrogens (tertiary/aromatic N) is 4. The monoisotopic (exact) mass is 328 g/mol. The summed E-state index contributed by atoms with van der Waals surface area (Å²) in [6.45, 7) is 3.26. The van der Waals surface area contributed by atoms with Gasteiger partial charge < -0.3 is 10.2 Å². The summed E-state index contributed by atoms with van der Waals surface area (Å²) in [5.41, 5.74) is 1.01. The molecule has 0 radical (unpaired) electrons. The third-order valence-electron chi connectivity index (χ3n) is 4.00. The lowest BCUT2D eigenvalue weighted by Gasteiger charge is -2.16. The Morgan fingerprint density at radius 2 is 2.21 bits per heavy atom. The summed E-state index contributed by atoms with van der Waals surface area (Å²) < 4.78 is 0. The van der Waals surface area contributed by atoms with Crippen LogP contribution in [0.5, 0.6) is 0 Å². The predicted molar refractivity (Wildman–Crippen MR) is 85.6 cm³/mol. The van der Waals surface area contributed by atoms with Crippen LogP contribution in [0.15, 0.2) is 24.5 Å². The van der Waals surface area contributed by atoms with Gasteiger partial charge in [-0.3, -0.25) is 19.7 Å². The van der Waals surface area contributed by atoms with Gasteiger partial charge in [0.2, 0.25) is 11.8 Å². The Balaban J connectivity index is 1.47. The number of carbonyl (C=O) groups excluding carboxylic acids is 2. The van der Waals surface area contributed by atoms with Crippen LogP contribution in [0.4, 0.5) is 0 Å². The summed E-state index contributed by atoms with van der Waals surface area (Å²) in [5, 5.41) is 9.66. The molecule has 0 aromatic carbocycles. The van der Waals surface area contributed by atoms with Crippen LogP contribution in [-0.2, 0) is 22.6 Å². The molecule has 2 aromatic heterocycles. The summed E-state index contributed by atoms with van der Waals surface area (Å²) in [6, 6.07) is 3.75. The number of amides is 2. The summed E-state index contributed by atoms with van der Waals surface area (Å²) in [4.78, 5) is 34.2. The molecule has 2 aromatic rings. The molecule has 2 amide bonds. The lowest BCUT2D eigenvalue weighted by Crippen LogP contribution is -2.34. The molecule has 1 saturated heterocycles. The smallest absolute Gasteiger partial charge is 0.225 e. The van der Waals surface area contributed by atoms with Crippen LogP contribution in [0.25, 0.3) is 0 Å². The Hall–Kier alpha value is -2.77. The molecule has 3 rings (SSSR count). The second-order valence-corrected chi connectivity index (χ2v) is 5.91. The average Bonchev–Trinajstić information content (AvgIpc) is 3.15. The molecule has 0 aliphatic carbocycles. The Morgan fingerprint density at radius 3 is 2.92 bits per heavy atom. The van der Waals surface area contributed by atoms with E-state index in [1.54, 1.807) is 17.3 Å². The lowest BCUT2D eigenvalue weighted by molar-refractivity contribution is -0.129. The highest BCUT2D eigenvalue weighted by molar-refractivity contribution is 5.89. The molecule has 1 aliphatic heterocycles. The molecule has 0 saturated carbocycles. The summed E-state index contributed by atoms with van der Waals surface area (Å²) in [7, 11) is 0. The van der Waals surface area contributed by atoms with Crippen LogP contribution in [-0.4, -0.2) is 50.0 Å². The number of carbonyl (C=O) groups is 2. The first-order valence-electron chi connectivity index (χ1n) is 7.94. The van der Waals surface area contributed by atoms with E-state index in [0.29, 0.717) is 31.9 Å². The van der Waals surface area contributed by atoms with Gasteiger partial charge >= 0.3 is 0 Å². The number of aryl methyl sites for hydroxylation is 1. The summed E-state index contributed by atoms with van der Waals surface area (Å²) >= 11 is 0. The Labute approximate surface area is 139 Å². The van der Waals surface area contributed by atoms with Gasteiger partial charge in [0.15, 0.2) is 5.82 Å². The highest BCUT2D eigenvalue weighted by atomic mass is 16.2. The lowest BCUT2D eigenvalue weighted by atomic mass is 10.1. The topological polar surface area (TPSA) is 104 Å².